The summed E-state index contributed by atoms with van der Waals surface area (Å²) in [5, 5.41) is 8.31. The van der Waals surface area contributed by atoms with E-state index in [9.17, 15) is 4.79 Å². The van der Waals surface area contributed by atoms with Crippen molar-refractivity contribution in [3.8, 4) is 0 Å². The maximum Gasteiger partial charge on any atom is 0.293 e. The Labute approximate surface area is 176 Å². The molecule has 0 aromatic heterocycles. The van der Waals surface area contributed by atoms with Crippen molar-refractivity contribution in [1.82, 2.24) is 0 Å². The first-order chi connectivity index (χ1) is 14.1. The zero-order valence-corrected chi connectivity index (χ0v) is 18.5. The minimum Gasteiger partial charge on any atom is -0.468 e. The fourth-order valence-corrected chi connectivity index (χ4v) is 4.11. The Hall–Kier alpha value is -2.16. The average molecular weight is 396 g/mol. The largest absolute Gasteiger partial charge is 0.468 e. The highest BCUT2D eigenvalue weighted by atomic mass is 16.5. The molecule has 0 amide bonds. The van der Waals surface area contributed by atoms with E-state index >= 15 is 0 Å². The van der Waals surface area contributed by atoms with Crippen LogP contribution in [0.25, 0.3) is 5.57 Å². The van der Waals surface area contributed by atoms with Crippen LogP contribution in [-0.2, 0) is 9.53 Å². The van der Waals surface area contributed by atoms with E-state index in [1.807, 2.05) is 13.8 Å². The van der Waals surface area contributed by atoms with Crippen molar-refractivity contribution in [3.63, 3.8) is 0 Å². The molecule has 0 radical (unpaired) electrons. The predicted octanol–water partition coefficient (Wildman–Crippen LogP) is 6.94. The lowest BCUT2D eigenvalue weighted by Gasteiger charge is -2.24. The lowest BCUT2D eigenvalue weighted by molar-refractivity contribution is -0.128. The van der Waals surface area contributed by atoms with E-state index in [4.69, 9.17) is 10.1 Å². The first kappa shape index (κ1) is 23.1. The highest BCUT2D eigenvalue weighted by molar-refractivity contribution is 6.05. The summed E-state index contributed by atoms with van der Waals surface area (Å²) in [6.07, 6.45) is 10.9. The topological polar surface area (TPSA) is 50.2 Å². The smallest absolute Gasteiger partial charge is 0.293 e. The van der Waals surface area contributed by atoms with Gasteiger partial charge in [-0.1, -0.05) is 70.9 Å². The number of allylic oxidation sites excluding steroid dienone is 4. The van der Waals surface area contributed by atoms with Crippen molar-refractivity contribution in [2.45, 2.75) is 72.1 Å². The Kier molecular flexibility index (Phi) is 9.37. The molecule has 1 saturated carbocycles. The SMILES string of the molecule is CC.CCCC/C=C1/C=C(c2ccc([C@H]3C[C@H]3CCOC=O)cc2)C(C)CC1=N. The number of benzene rings is 1. The Balaban J connectivity index is 0.00000145. The van der Waals surface area contributed by atoms with E-state index in [1.165, 1.54) is 36.0 Å². The van der Waals surface area contributed by atoms with Gasteiger partial charge in [0, 0.05) is 5.71 Å². The predicted molar refractivity (Wildman–Crippen MR) is 122 cm³/mol. The van der Waals surface area contributed by atoms with Crippen molar-refractivity contribution in [1.29, 1.82) is 5.41 Å². The second-order valence-corrected chi connectivity index (χ2v) is 7.97. The van der Waals surface area contributed by atoms with Crippen LogP contribution >= 0.6 is 0 Å². The first-order valence-corrected chi connectivity index (χ1v) is 11.3. The summed E-state index contributed by atoms with van der Waals surface area (Å²) in [7, 11) is 0. The molecule has 0 heterocycles. The molecule has 0 saturated heterocycles. The zero-order chi connectivity index (χ0) is 21.2. The highest BCUT2D eigenvalue weighted by Crippen LogP contribution is 2.49. The second-order valence-electron chi connectivity index (χ2n) is 7.97. The summed E-state index contributed by atoms with van der Waals surface area (Å²) in [4.78, 5) is 10.2. The van der Waals surface area contributed by atoms with Crippen molar-refractivity contribution >= 4 is 17.8 Å². The van der Waals surface area contributed by atoms with Crippen LogP contribution in [-0.4, -0.2) is 18.8 Å². The molecule has 2 aliphatic rings. The number of rotatable bonds is 9. The van der Waals surface area contributed by atoms with Crippen LogP contribution in [0.3, 0.4) is 0 Å². The normalized spacial score (nSPS) is 24.4. The summed E-state index contributed by atoms with van der Waals surface area (Å²) in [6, 6.07) is 9.00. The summed E-state index contributed by atoms with van der Waals surface area (Å²) < 4.78 is 4.82. The van der Waals surface area contributed by atoms with Gasteiger partial charge in [0.15, 0.2) is 0 Å². The van der Waals surface area contributed by atoms with Gasteiger partial charge >= 0.3 is 0 Å². The van der Waals surface area contributed by atoms with Gasteiger partial charge in [-0.2, -0.15) is 0 Å². The molecular formula is C26H37NO2. The van der Waals surface area contributed by atoms with E-state index < -0.39 is 0 Å². The van der Waals surface area contributed by atoms with Crippen LogP contribution in [0, 0.1) is 17.2 Å². The molecule has 29 heavy (non-hydrogen) atoms. The minimum atomic E-state index is 0.390. The Morgan fingerprint density at radius 1 is 1.21 bits per heavy atom. The maximum absolute atomic E-state index is 10.2. The number of hydrogen-bond acceptors (Lipinski definition) is 3. The number of hydrogen-bond donors (Lipinski definition) is 1. The molecule has 1 unspecified atom stereocenters. The highest BCUT2D eigenvalue weighted by Gasteiger charge is 2.37. The maximum atomic E-state index is 10.2. The van der Waals surface area contributed by atoms with Gasteiger partial charge in [0.1, 0.15) is 0 Å². The van der Waals surface area contributed by atoms with Gasteiger partial charge in [-0.05, 0) is 71.8 Å². The van der Waals surface area contributed by atoms with E-state index in [0.29, 0.717) is 30.8 Å². The Morgan fingerprint density at radius 2 is 1.93 bits per heavy atom. The quantitative estimate of drug-likeness (QED) is 0.364. The number of carbonyl (C=O) groups is 1. The van der Waals surface area contributed by atoms with Gasteiger partial charge in [0.25, 0.3) is 6.47 Å². The minimum absolute atomic E-state index is 0.390. The van der Waals surface area contributed by atoms with Gasteiger partial charge in [0.2, 0.25) is 0 Å². The zero-order valence-electron chi connectivity index (χ0n) is 18.5. The molecule has 1 fully saturated rings. The van der Waals surface area contributed by atoms with Crippen LogP contribution in [0.5, 0.6) is 0 Å². The van der Waals surface area contributed by atoms with Crippen molar-refractivity contribution in [2.24, 2.45) is 11.8 Å². The third-order valence-electron chi connectivity index (χ3n) is 5.89. The number of ether oxygens (including phenoxy) is 1. The average Bonchev–Trinajstić information content (AvgIpc) is 3.51. The van der Waals surface area contributed by atoms with E-state index in [0.717, 1.165) is 30.5 Å². The van der Waals surface area contributed by atoms with Gasteiger partial charge < -0.3 is 10.1 Å². The van der Waals surface area contributed by atoms with Crippen molar-refractivity contribution in [2.75, 3.05) is 6.61 Å². The molecular weight excluding hydrogens is 358 g/mol. The molecule has 3 atom stereocenters. The number of unbranched alkanes of at least 4 members (excludes halogenated alkanes) is 2. The summed E-state index contributed by atoms with van der Waals surface area (Å²) in [5.41, 5.74) is 5.91. The Bertz CT molecular complexity index is 730. The van der Waals surface area contributed by atoms with Gasteiger partial charge in [-0.3, -0.25) is 4.79 Å². The van der Waals surface area contributed by atoms with Gasteiger partial charge in [-0.15, -0.1) is 0 Å². The summed E-state index contributed by atoms with van der Waals surface area (Å²) in [6.45, 7) is 9.50. The summed E-state index contributed by atoms with van der Waals surface area (Å²) >= 11 is 0. The van der Waals surface area contributed by atoms with Crippen LogP contribution < -0.4 is 0 Å². The number of nitrogens with one attached hydrogen (secondary N) is 1. The molecule has 0 bridgehead atoms. The van der Waals surface area contributed by atoms with Gasteiger partial charge in [-0.25, -0.2) is 0 Å². The molecule has 1 N–H and O–H groups in total. The van der Waals surface area contributed by atoms with E-state index in [2.05, 4.69) is 50.3 Å². The van der Waals surface area contributed by atoms with Crippen LogP contribution in [0.15, 0.2) is 42.0 Å². The monoisotopic (exact) mass is 395 g/mol. The summed E-state index contributed by atoms with van der Waals surface area (Å²) in [5.74, 6) is 1.66. The molecule has 1 aromatic rings. The standard InChI is InChI=1S/C24H31NO2.C2H6/c1-3-4-5-6-21-15-22(17(2)13-24(21)25)18-7-9-19(10-8-18)23-14-20(23)11-12-27-16-26;1-2/h6-10,15-17,20,23,25H,3-5,11-14H2,1-2H3;1-2H3/b21-6-,25-24?;/t17?,20-,23-;/m1./s1. The molecule has 3 heteroatoms. The molecule has 2 aliphatic carbocycles. The van der Waals surface area contributed by atoms with Gasteiger partial charge in [0.05, 0.1) is 6.61 Å². The van der Waals surface area contributed by atoms with Crippen molar-refractivity contribution in [3.05, 3.63) is 53.1 Å². The number of carbonyl (C=O) groups excluding carboxylic acids is 1. The fourth-order valence-electron chi connectivity index (χ4n) is 4.11. The first-order valence-electron chi connectivity index (χ1n) is 11.3. The second kappa shape index (κ2) is 11.7. The van der Waals surface area contributed by atoms with Crippen molar-refractivity contribution < 1.29 is 9.53 Å². The molecule has 0 spiro atoms. The van der Waals surface area contributed by atoms with Crippen LogP contribution in [0.2, 0.25) is 0 Å². The van der Waals surface area contributed by atoms with E-state index in [-0.39, 0.29) is 0 Å². The van der Waals surface area contributed by atoms with E-state index in [1.54, 1.807) is 0 Å². The van der Waals surface area contributed by atoms with Crippen LogP contribution in [0.4, 0.5) is 0 Å². The molecule has 1 aromatic carbocycles. The third kappa shape index (κ3) is 6.42. The fraction of sp³-hybridized carbons (Fsp3) is 0.538. The molecule has 0 aliphatic heterocycles. The lowest BCUT2D eigenvalue weighted by atomic mass is 9.81. The lowest BCUT2D eigenvalue weighted by Crippen LogP contribution is -2.14. The van der Waals surface area contributed by atoms with Crippen LogP contribution in [0.1, 0.15) is 83.3 Å². The molecule has 158 valence electrons. The third-order valence-corrected chi connectivity index (χ3v) is 5.89. The molecule has 3 rings (SSSR count). The Morgan fingerprint density at radius 3 is 2.59 bits per heavy atom. The molecule has 3 nitrogen and oxygen atoms in total.